The van der Waals surface area contributed by atoms with E-state index in [-0.39, 0.29) is 23.2 Å². The van der Waals surface area contributed by atoms with Crippen molar-refractivity contribution < 1.29 is 9.53 Å². The Bertz CT molecular complexity index is 431. The van der Waals surface area contributed by atoms with Crippen LogP contribution in [0.3, 0.4) is 0 Å². The summed E-state index contributed by atoms with van der Waals surface area (Å²) < 4.78 is 4.82. The molecule has 1 aromatic carbocycles. The molecule has 0 amide bonds. The van der Waals surface area contributed by atoms with Crippen LogP contribution in [0.15, 0.2) is 36.4 Å². The standard InChI is InChI=1S/C15H18O2/c1-15(2)12(13(15)14(16)17-3)10-9-11-7-5-4-6-8-11/h4-10,12-13H,1-3H3/t12-,13+/m1/s1. The summed E-state index contributed by atoms with van der Waals surface area (Å²) in [6.07, 6.45) is 4.20. The topological polar surface area (TPSA) is 26.3 Å². The Morgan fingerprint density at radius 1 is 1.29 bits per heavy atom. The van der Waals surface area contributed by atoms with Crippen molar-refractivity contribution in [3.05, 3.63) is 42.0 Å². The monoisotopic (exact) mass is 230 g/mol. The van der Waals surface area contributed by atoms with E-state index in [1.807, 2.05) is 18.2 Å². The molecular formula is C15H18O2. The molecule has 0 unspecified atom stereocenters. The van der Waals surface area contributed by atoms with Crippen molar-refractivity contribution in [2.24, 2.45) is 17.3 Å². The van der Waals surface area contributed by atoms with Gasteiger partial charge in [0.05, 0.1) is 13.0 Å². The number of hydrogen-bond acceptors (Lipinski definition) is 2. The normalized spacial score (nSPS) is 25.8. The van der Waals surface area contributed by atoms with E-state index in [2.05, 4.69) is 38.1 Å². The molecule has 0 heterocycles. The Morgan fingerprint density at radius 2 is 1.94 bits per heavy atom. The van der Waals surface area contributed by atoms with Crippen LogP contribution in [0.5, 0.6) is 0 Å². The molecule has 2 heteroatoms. The predicted molar refractivity (Wildman–Crippen MR) is 68.3 cm³/mol. The van der Waals surface area contributed by atoms with Gasteiger partial charge in [-0.25, -0.2) is 0 Å². The molecule has 1 aliphatic rings. The van der Waals surface area contributed by atoms with E-state index in [9.17, 15) is 4.79 Å². The van der Waals surface area contributed by atoms with Gasteiger partial charge in [0.2, 0.25) is 0 Å². The molecule has 90 valence electrons. The van der Waals surface area contributed by atoms with Crippen LogP contribution in [0, 0.1) is 17.3 Å². The number of rotatable bonds is 3. The van der Waals surface area contributed by atoms with Gasteiger partial charge in [-0.2, -0.15) is 0 Å². The molecule has 0 aromatic heterocycles. The molecule has 1 aromatic rings. The first-order chi connectivity index (χ1) is 8.07. The summed E-state index contributed by atoms with van der Waals surface area (Å²) in [5.74, 6) is 0.195. The maximum Gasteiger partial charge on any atom is 0.309 e. The lowest BCUT2D eigenvalue weighted by molar-refractivity contribution is -0.143. The van der Waals surface area contributed by atoms with Crippen LogP contribution in [-0.2, 0) is 9.53 Å². The highest BCUT2D eigenvalue weighted by atomic mass is 16.5. The largest absolute Gasteiger partial charge is 0.469 e. The fourth-order valence-electron chi connectivity index (χ4n) is 2.39. The molecule has 0 N–H and O–H groups in total. The summed E-state index contributed by atoms with van der Waals surface area (Å²) >= 11 is 0. The first kappa shape index (κ1) is 11.9. The third kappa shape index (κ3) is 2.26. The number of ether oxygens (including phenoxy) is 1. The van der Waals surface area contributed by atoms with Crippen molar-refractivity contribution in [3.8, 4) is 0 Å². The lowest BCUT2D eigenvalue weighted by atomic mass is 10.1. The van der Waals surface area contributed by atoms with Crippen LogP contribution in [0.1, 0.15) is 19.4 Å². The molecule has 1 fully saturated rings. The maximum atomic E-state index is 11.6. The lowest BCUT2D eigenvalue weighted by Gasteiger charge is -1.99. The van der Waals surface area contributed by atoms with E-state index in [1.165, 1.54) is 12.7 Å². The van der Waals surface area contributed by atoms with Crippen molar-refractivity contribution in [1.82, 2.24) is 0 Å². The minimum absolute atomic E-state index is 0.00691. The molecule has 17 heavy (non-hydrogen) atoms. The van der Waals surface area contributed by atoms with Gasteiger partial charge in [-0.1, -0.05) is 56.3 Å². The third-order valence-corrected chi connectivity index (χ3v) is 3.66. The fraction of sp³-hybridized carbons (Fsp3) is 0.400. The number of carbonyl (C=O) groups is 1. The van der Waals surface area contributed by atoms with Gasteiger partial charge < -0.3 is 4.74 Å². The lowest BCUT2D eigenvalue weighted by Crippen LogP contribution is -2.07. The van der Waals surface area contributed by atoms with E-state index in [4.69, 9.17) is 4.74 Å². The number of methoxy groups -OCH3 is 1. The Morgan fingerprint density at radius 3 is 2.53 bits per heavy atom. The van der Waals surface area contributed by atoms with Gasteiger partial charge in [-0.05, 0) is 16.9 Å². The minimum Gasteiger partial charge on any atom is -0.469 e. The van der Waals surface area contributed by atoms with Gasteiger partial charge in [0, 0.05) is 0 Å². The van der Waals surface area contributed by atoms with Crippen molar-refractivity contribution in [2.75, 3.05) is 7.11 Å². The fourth-order valence-corrected chi connectivity index (χ4v) is 2.39. The van der Waals surface area contributed by atoms with Crippen molar-refractivity contribution in [2.45, 2.75) is 13.8 Å². The Labute approximate surface area is 102 Å². The van der Waals surface area contributed by atoms with E-state index in [1.54, 1.807) is 0 Å². The first-order valence-electron chi connectivity index (χ1n) is 5.88. The Hall–Kier alpha value is -1.57. The van der Waals surface area contributed by atoms with Gasteiger partial charge in [0.1, 0.15) is 0 Å². The predicted octanol–water partition coefficient (Wildman–Crippen LogP) is 3.15. The van der Waals surface area contributed by atoms with Gasteiger partial charge in [-0.3, -0.25) is 4.79 Å². The zero-order valence-corrected chi connectivity index (χ0v) is 10.5. The van der Waals surface area contributed by atoms with Gasteiger partial charge in [-0.15, -0.1) is 0 Å². The molecule has 0 saturated heterocycles. The van der Waals surface area contributed by atoms with Gasteiger partial charge >= 0.3 is 5.97 Å². The summed E-state index contributed by atoms with van der Waals surface area (Å²) in [4.78, 5) is 11.6. The minimum atomic E-state index is -0.0993. The van der Waals surface area contributed by atoms with Crippen LogP contribution in [0.4, 0.5) is 0 Å². The molecule has 0 spiro atoms. The highest BCUT2D eigenvalue weighted by Gasteiger charge is 2.61. The van der Waals surface area contributed by atoms with E-state index >= 15 is 0 Å². The second kappa shape index (κ2) is 4.36. The van der Waals surface area contributed by atoms with Crippen LogP contribution < -0.4 is 0 Å². The summed E-state index contributed by atoms with van der Waals surface area (Å²) in [5, 5.41) is 0. The van der Waals surface area contributed by atoms with E-state index in [0.717, 1.165) is 0 Å². The highest BCUT2D eigenvalue weighted by molar-refractivity contribution is 5.78. The van der Waals surface area contributed by atoms with Crippen LogP contribution >= 0.6 is 0 Å². The third-order valence-electron chi connectivity index (χ3n) is 3.66. The molecule has 0 bridgehead atoms. The maximum absolute atomic E-state index is 11.6. The summed E-state index contributed by atoms with van der Waals surface area (Å²) in [6, 6.07) is 10.1. The first-order valence-corrected chi connectivity index (χ1v) is 5.88. The molecule has 1 saturated carbocycles. The van der Waals surface area contributed by atoms with Crippen molar-refractivity contribution in [3.63, 3.8) is 0 Å². The smallest absolute Gasteiger partial charge is 0.309 e. The second-order valence-corrected chi connectivity index (χ2v) is 5.12. The van der Waals surface area contributed by atoms with Crippen LogP contribution in [0.25, 0.3) is 6.08 Å². The summed E-state index contributed by atoms with van der Waals surface area (Å²) in [6.45, 7) is 4.21. The van der Waals surface area contributed by atoms with Crippen LogP contribution in [-0.4, -0.2) is 13.1 Å². The molecule has 0 radical (unpaired) electrons. The molecule has 2 atom stereocenters. The zero-order valence-electron chi connectivity index (χ0n) is 10.5. The average Bonchev–Trinajstić information content (AvgIpc) is 2.89. The number of carbonyl (C=O) groups excluding carboxylic acids is 1. The second-order valence-electron chi connectivity index (χ2n) is 5.12. The summed E-state index contributed by atoms with van der Waals surface area (Å²) in [7, 11) is 1.45. The summed E-state index contributed by atoms with van der Waals surface area (Å²) in [5.41, 5.74) is 1.19. The Balaban J connectivity index is 2.06. The van der Waals surface area contributed by atoms with E-state index in [0.29, 0.717) is 0 Å². The number of allylic oxidation sites excluding steroid dienone is 1. The molecule has 2 nitrogen and oxygen atoms in total. The Kier molecular flexibility index (Phi) is 3.05. The molecule has 0 aliphatic heterocycles. The molecule has 1 aliphatic carbocycles. The van der Waals surface area contributed by atoms with Gasteiger partial charge in [0.15, 0.2) is 0 Å². The zero-order chi connectivity index (χ0) is 12.5. The highest BCUT2D eigenvalue weighted by Crippen LogP contribution is 2.59. The van der Waals surface area contributed by atoms with Crippen LogP contribution in [0.2, 0.25) is 0 Å². The number of benzene rings is 1. The molecular weight excluding hydrogens is 212 g/mol. The van der Waals surface area contributed by atoms with Crippen molar-refractivity contribution >= 4 is 12.0 Å². The number of esters is 1. The molecule has 2 rings (SSSR count). The number of hydrogen-bond donors (Lipinski definition) is 0. The van der Waals surface area contributed by atoms with Crippen molar-refractivity contribution in [1.29, 1.82) is 0 Å². The van der Waals surface area contributed by atoms with E-state index < -0.39 is 0 Å². The van der Waals surface area contributed by atoms with Gasteiger partial charge in [0.25, 0.3) is 0 Å². The quantitative estimate of drug-likeness (QED) is 0.746. The SMILES string of the molecule is COC(=O)[C@@H]1[C@@H](C=Cc2ccccc2)C1(C)C. The average molecular weight is 230 g/mol.